The van der Waals surface area contributed by atoms with Gasteiger partial charge in [-0.3, -0.25) is 4.79 Å². The van der Waals surface area contributed by atoms with Crippen molar-refractivity contribution in [3.8, 4) is 0 Å². The van der Waals surface area contributed by atoms with E-state index in [9.17, 15) is 4.79 Å². The molecule has 2 atom stereocenters. The second kappa shape index (κ2) is 6.18. The fraction of sp³-hybridized carbons (Fsp3) is 0.714. The average molecular weight is 295 g/mol. The van der Waals surface area contributed by atoms with Crippen molar-refractivity contribution in [3.05, 3.63) is 17.8 Å². The van der Waals surface area contributed by atoms with E-state index in [1.54, 1.807) is 7.05 Å². The average Bonchev–Trinajstić information content (AvgIpc) is 2.89. The molecule has 3 heterocycles. The maximum Gasteiger partial charge on any atom is 0.247 e. The van der Waals surface area contributed by atoms with Gasteiger partial charge in [0.05, 0.1) is 5.69 Å². The molecule has 2 aliphatic rings. The Morgan fingerprint density at radius 2 is 2.45 bits per heavy atom. The summed E-state index contributed by atoms with van der Waals surface area (Å²) in [5, 5.41) is 3.66. The number of fused-ring (bicyclic) bond motifs is 1. The second-order valence-electron chi connectivity index (χ2n) is 5.41. The first-order valence-electron chi connectivity index (χ1n) is 7.29. The zero-order valence-electron chi connectivity index (χ0n) is 11.8. The highest BCUT2D eigenvalue weighted by Gasteiger charge is 2.34. The van der Waals surface area contributed by atoms with Gasteiger partial charge in [-0.15, -0.1) is 0 Å². The van der Waals surface area contributed by atoms with Crippen molar-refractivity contribution in [3.63, 3.8) is 0 Å². The molecule has 0 bridgehead atoms. The fourth-order valence-corrected chi connectivity index (χ4v) is 4.30. The largest absolute Gasteiger partial charge is 0.446 e. The number of hydrogen-bond donors (Lipinski definition) is 1. The number of likely N-dealkylation sites (N-methyl/N-ethyl adjacent to an activating group) is 1. The molecule has 1 aromatic rings. The van der Waals surface area contributed by atoms with Crippen LogP contribution in [0.4, 0.5) is 0 Å². The third-order valence-corrected chi connectivity index (χ3v) is 5.48. The van der Waals surface area contributed by atoms with Crippen LogP contribution < -0.4 is 5.32 Å². The van der Waals surface area contributed by atoms with Crippen molar-refractivity contribution >= 4 is 17.7 Å². The molecule has 1 fully saturated rings. The van der Waals surface area contributed by atoms with Gasteiger partial charge >= 0.3 is 0 Å². The molecule has 0 aliphatic carbocycles. The Hall–Kier alpha value is -1.01. The van der Waals surface area contributed by atoms with Gasteiger partial charge in [0.2, 0.25) is 5.91 Å². The third-order valence-electron chi connectivity index (χ3n) is 4.10. The Morgan fingerprint density at radius 1 is 1.55 bits per heavy atom. The summed E-state index contributed by atoms with van der Waals surface area (Å²) in [6.07, 6.45) is 6.05. The molecule has 1 aromatic heterocycles. The second-order valence-corrected chi connectivity index (χ2v) is 6.82. The molecule has 5 nitrogen and oxygen atoms in total. The summed E-state index contributed by atoms with van der Waals surface area (Å²) >= 11 is 2.01. The van der Waals surface area contributed by atoms with E-state index in [2.05, 4.69) is 10.3 Å². The van der Waals surface area contributed by atoms with Crippen LogP contribution in [0.5, 0.6) is 0 Å². The maximum atomic E-state index is 12.7. The van der Waals surface area contributed by atoms with Gasteiger partial charge in [-0.05, 0) is 25.6 Å². The molecular weight excluding hydrogens is 274 g/mol. The summed E-state index contributed by atoms with van der Waals surface area (Å²) in [6, 6.07) is -0.386. The number of amides is 1. The van der Waals surface area contributed by atoms with Crippen molar-refractivity contribution in [2.75, 3.05) is 25.9 Å². The fourth-order valence-electron chi connectivity index (χ4n) is 2.98. The first-order chi connectivity index (χ1) is 9.79. The van der Waals surface area contributed by atoms with Crippen LogP contribution in [0.15, 0.2) is 10.8 Å². The molecule has 110 valence electrons. The van der Waals surface area contributed by atoms with Crippen LogP contribution in [-0.4, -0.2) is 46.9 Å². The van der Waals surface area contributed by atoms with Gasteiger partial charge in [0.1, 0.15) is 6.04 Å². The lowest BCUT2D eigenvalue weighted by molar-refractivity contribution is -0.133. The first-order valence-corrected chi connectivity index (χ1v) is 8.34. The van der Waals surface area contributed by atoms with Crippen LogP contribution in [-0.2, 0) is 11.2 Å². The monoisotopic (exact) mass is 295 g/mol. The van der Waals surface area contributed by atoms with E-state index in [1.807, 2.05) is 16.7 Å². The Balaban J connectivity index is 1.73. The first kappa shape index (κ1) is 13.9. The zero-order chi connectivity index (χ0) is 13.9. The van der Waals surface area contributed by atoms with Crippen LogP contribution in [0.25, 0.3) is 0 Å². The van der Waals surface area contributed by atoms with Crippen LogP contribution in [0.3, 0.4) is 0 Å². The van der Waals surface area contributed by atoms with Gasteiger partial charge < -0.3 is 14.6 Å². The number of hydrogen-bond acceptors (Lipinski definition) is 5. The molecular formula is C14H21N3O2S. The quantitative estimate of drug-likeness (QED) is 0.918. The number of aromatic nitrogens is 1. The van der Waals surface area contributed by atoms with E-state index >= 15 is 0 Å². The van der Waals surface area contributed by atoms with Gasteiger partial charge in [0, 0.05) is 24.8 Å². The Labute approximate surface area is 123 Å². The Bertz CT molecular complexity index is 471. The lowest BCUT2D eigenvalue weighted by Crippen LogP contribution is -2.42. The van der Waals surface area contributed by atoms with Crippen molar-refractivity contribution in [1.29, 1.82) is 0 Å². The summed E-state index contributed by atoms with van der Waals surface area (Å²) in [4.78, 5) is 18.9. The molecule has 0 spiro atoms. The van der Waals surface area contributed by atoms with Crippen molar-refractivity contribution in [1.82, 2.24) is 15.2 Å². The SMILES string of the molecule is CNC1C(=O)N(CC2CCCCS2)CCc2ncoc21. The summed E-state index contributed by atoms with van der Waals surface area (Å²) in [5.74, 6) is 2.04. The highest BCUT2D eigenvalue weighted by molar-refractivity contribution is 7.99. The normalized spacial score (nSPS) is 27.2. The minimum Gasteiger partial charge on any atom is -0.446 e. The van der Waals surface area contributed by atoms with Gasteiger partial charge in [-0.2, -0.15) is 11.8 Å². The number of rotatable bonds is 3. The van der Waals surface area contributed by atoms with E-state index in [0.29, 0.717) is 11.0 Å². The van der Waals surface area contributed by atoms with E-state index < -0.39 is 0 Å². The number of thioether (sulfide) groups is 1. The minimum absolute atomic E-state index is 0.120. The molecule has 0 radical (unpaired) electrons. The molecule has 0 aromatic carbocycles. The van der Waals surface area contributed by atoms with E-state index in [-0.39, 0.29) is 11.9 Å². The molecule has 1 N–H and O–H groups in total. The summed E-state index contributed by atoms with van der Waals surface area (Å²) in [5.41, 5.74) is 0.913. The van der Waals surface area contributed by atoms with Crippen LogP contribution in [0, 0.1) is 0 Å². The van der Waals surface area contributed by atoms with Gasteiger partial charge in [0.25, 0.3) is 0 Å². The summed E-state index contributed by atoms with van der Waals surface area (Å²) in [6.45, 7) is 1.60. The van der Waals surface area contributed by atoms with E-state index in [0.717, 1.165) is 25.2 Å². The standard InChI is InChI=1S/C14H21N3O2S/c1-15-12-13-11(16-9-19-13)5-6-17(14(12)18)8-10-4-2-3-7-20-10/h9-10,12,15H,2-8H2,1H3. The summed E-state index contributed by atoms with van der Waals surface area (Å²) < 4.78 is 5.42. The van der Waals surface area contributed by atoms with E-state index in [1.165, 1.54) is 31.4 Å². The lowest BCUT2D eigenvalue weighted by atomic mass is 10.1. The molecule has 3 rings (SSSR count). The van der Waals surface area contributed by atoms with Gasteiger partial charge in [-0.1, -0.05) is 6.42 Å². The molecule has 20 heavy (non-hydrogen) atoms. The van der Waals surface area contributed by atoms with Crippen LogP contribution >= 0.6 is 11.8 Å². The molecule has 2 unspecified atom stereocenters. The zero-order valence-corrected chi connectivity index (χ0v) is 12.6. The minimum atomic E-state index is -0.386. The highest BCUT2D eigenvalue weighted by Crippen LogP contribution is 2.28. The predicted octanol–water partition coefficient (Wildman–Crippen LogP) is 1.61. The molecule has 2 aliphatic heterocycles. The highest BCUT2D eigenvalue weighted by atomic mass is 32.2. The molecule has 1 amide bonds. The molecule has 6 heteroatoms. The maximum absolute atomic E-state index is 12.7. The number of nitrogens with one attached hydrogen (secondary N) is 1. The predicted molar refractivity (Wildman–Crippen MR) is 78.7 cm³/mol. The number of oxazole rings is 1. The van der Waals surface area contributed by atoms with Crippen molar-refractivity contribution in [2.45, 2.75) is 37.0 Å². The van der Waals surface area contributed by atoms with Crippen molar-refractivity contribution < 1.29 is 9.21 Å². The molecule has 1 saturated heterocycles. The topological polar surface area (TPSA) is 58.4 Å². The number of carbonyl (C=O) groups is 1. The lowest BCUT2D eigenvalue weighted by Gasteiger charge is -2.30. The smallest absolute Gasteiger partial charge is 0.247 e. The van der Waals surface area contributed by atoms with Crippen LogP contribution in [0.2, 0.25) is 0 Å². The number of carbonyl (C=O) groups excluding carboxylic acids is 1. The molecule has 0 saturated carbocycles. The Kier molecular flexibility index (Phi) is 4.31. The Morgan fingerprint density at radius 3 is 3.20 bits per heavy atom. The van der Waals surface area contributed by atoms with Crippen molar-refractivity contribution in [2.24, 2.45) is 0 Å². The van der Waals surface area contributed by atoms with Crippen LogP contribution in [0.1, 0.15) is 36.8 Å². The number of nitrogens with zero attached hydrogens (tertiary/aromatic N) is 2. The van der Waals surface area contributed by atoms with Gasteiger partial charge in [-0.25, -0.2) is 4.98 Å². The van der Waals surface area contributed by atoms with E-state index in [4.69, 9.17) is 4.42 Å². The third kappa shape index (κ3) is 2.72. The summed E-state index contributed by atoms with van der Waals surface area (Å²) in [7, 11) is 1.80. The van der Waals surface area contributed by atoms with Gasteiger partial charge in [0.15, 0.2) is 12.2 Å².